The summed E-state index contributed by atoms with van der Waals surface area (Å²) in [4.78, 5) is 16.2. The van der Waals surface area contributed by atoms with Gasteiger partial charge >= 0.3 is 0 Å². The van der Waals surface area contributed by atoms with Crippen molar-refractivity contribution in [2.75, 3.05) is 13.6 Å². The van der Waals surface area contributed by atoms with E-state index < -0.39 is 0 Å². The van der Waals surface area contributed by atoms with Gasteiger partial charge in [-0.3, -0.25) is 4.79 Å². The smallest absolute Gasteiger partial charge is 0.287 e. The third-order valence-corrected chi connectivity index (χ3v) is 2.80. The Morgan fingerprint density at radius 2 is 2.28 bits per heavy atom. The summed E-state index contributed by atoms with van der Waals surface area (Å²) < 4.78 is 5.46. The molecule has 0 aromatic carbocycles. The van der Waals surface area contributed by atoms with Crippen molar-refractivity contribution in [3.63, 3.8) is 0 Å². The van der Waals surface area contributed by atoms with Crippen LogP contribution >= 0.6 is 0 Å². The molecule has 18 heavy (non-hydrogen) atoms. The van der Waals surface area contributed by atoms with E-state index in [1.807, 2.05) is 33.0 Å². The topological polar surface area (TPSA) is 67.2 Å². The molecule has 0 aliphatic heterocycles. The zero-order valence-electron chi connectivity index (χ0n) is 10.8. The van der Waals surface area contributed by atoms with Gasteiger partial charge in [0.1, 0.15) is 5.52 Å². The summed E-state index contributed by atoms with van der Waals surface area (Å²) in [5, 5.41) is 5.85. The monoisotopic (exact) mass is 247 g/mol. The van der Waals surface area contributed by atoms with Gasteiger partial charge < -0.3 is 15.1 Å². The fourth-order valence-electron chi connectivity index (χ4n) is 1.57. The molecule has 1 amide bonds. The maximum absolute atomic E-state index is 11.9. The molecule has 0 bridgehead atoms. The largest absolute Gasteiger partial charge is 0.449 e. The molecule has 2 N–H and O–H groups in total. The fourth-order valence-corrected chi connectivity index (χ4v) is 1.57. The van der Waals surface area contributed by atoms with E-state index in [4.69, 9.17) is 4.42 Å². The van der Waals surface area contributed by atoms with Crippen LogP contribution in [0.4, 0.5) is 0 Å². The van der Waals surface area contributed by atoms with Gasteiger partial charge in [-0.1, -0.05) is 0 Å². The molecule has 0 spiro atoms. The molecule has 2 rings (SSSR count). The third-order valence-electron chi connectivity index (χ3n) is 2.80. The minimum Gasteiger partial charge on any atom is -0.449 e. The highest BCUT2D eigenvalue weighted by Gasteiger charge is 2.13. The summed E-state index contributed by atoms with van der Waals surface area (Å²) in [5.41, 5.74) is 2.24. The summed E-state index contributed by atoms with van der Waals surface area (Å²) in [6, 6.07) is 5.57. The van der Waals surface area contributed by atoms with Gasteiger partial charge in [0.15, 0.2) is 11.3 Å². The van der Waals surface area contributed by atoms with E-state index in [9.17, 15) is 4.79 Å². The summed E-state index contributed by atoms with van der Waals surface area (Å²) in [5.74, 6) is 0.0826. The predicted molar refractivity (Wildman–Crippen MR) is 69.6 cm³/mol. The Morgan fingerprint density at radius 3 is 3.00 bits per heavy atom. The second-order valence-corrected chi connectivity index (χ2v) is 4.35. The van der Waals surface area contributed by atoms with Crippen molar-refractivity contribution in [1.82, 2.24) is 15.6 Å². The predicted octanol–water partition coefficient (Wildman–Crippen LogP) is 1.47. The SMILES string of the molecule is CNC(C)CNC(=O)c1cc2nc(C)ccc2o1. The lowest BCUT2D eigenvalue weighted by Gasteiger charge is -2.09. The zero-order valence-corrected chi connectivity index (χ0v) is 10.8. The quantitative estimate of drug-likeness (QED) is 0.858. The van der Waals surface area contributed by atoms with Crippen LogP contribution in [0.15, 0.2) is 22.6 Å². The molecular weight excluding hydrogens is 230 g/mol. The van der Waals surface area contributed by atoms with Gasteiger partial charge in [-0.2, -0.15) is 0 Å². The minimum absolute atomic E-state index is 0.215. The standard InChI is InChI=1S/C13H17N3O2/c1-8-4-5-11-10(16-8)6-12(18-11)13(17)15-7-9(2)14-3/h4-6,9,14H,7H2,1-3H3,(H,15,17). The van der Waals surface area contributed by atoms with Crippen LogP contribution in [0.1, 0.15) is 23.2 Å². The molecule has 2 aromatic heterocycles. The number of nitrogens with zero attached hydrogens (tertiary/aromatic N) is 1. The highest BCUT2D eigenvalue weighted by molar-refractivity contribution is 5.95. The second-order valence-electron chi connectivity index (χ2n) is 4.35. The van der Waals surface area contributed by atoms with Gasteiger partial charge in [0.2, 0.25) is 0 Å². The van der Waals surface area contributed by atoms with Gasteiger partial charge in [-0.15, -0.1) is 0 Å². The number of fused-ring (bicyclic) bond motifs is 1. The Bertz CT molecular complexity index is 562. The lowest BCUT2D eigenvalue weighted by atomic mass is 10.3. The first-order valence-electron chi connectivity index (χ1n) is 5.93. The van der Waals surface area contributed by atoms with Crippen LogP contribution in [0.3, 0.4) is 0 Å². The molecular formula is C13H17N3O2. The molecule has 0 radical (unpaired) electrons. The first-order valence-corrected chi connectivity index (χ1v) is 5.93. The minimum atomic E-state index is -0.215. The number of furan rings is 1. The van der Waals surface area contributed by atoms with Crippen LogP contribution in [0.5, 0.6) is 0 Å². The third kappa shape index (κ3) is 2.68. The van der Waals surface area contributed by atoms with Crippen molar-refractivity contribution in [3.8, 4) is 0 Å². The molecule has 0 fully saturated rings. The highest BCUT2D eigenvalue weighted by Crippen LogP contribution is 2.17. The number of rotatable bonds is 4. The second kappa shape index (κ2) is 5.18. The van der Waals surface area contributed by atoms with Crippen LogP contribution in [-0.4, -0.2) is 30.5 Å². The summed E-state index contributed by atoms with van der Waals surface area (Å²) in [6.45, 7) is 4.45. The van der Waals surface area contributed by atoms with E-state index >= 15 is 0 Å². The van der Waals surface area contributed by atoms with Crippen LogP contribution in [0.2, 0.25) is 0 Å². The number of aryl methyl sites for hydroxylation is 1. The zero-order chi connectivity index (χ0) is 13.1. The number of carbonyl (C=O) groups is 1. The number of carbonyl (C=O) groups excluding carboxylic acids is 1. The van der Waals surface area contributed by atoms with Crippen LogP contribution in [0, 0.1) is 6.92 Å². The lowest BCUT2D eigenvalue weighted by Crippen LogP contribution is -2.36. The normalized spacial score (nSPS) is 12.6. The molecule has 0 aliphatic carbocycles. The number of pyridine rings is 1. The molecule has 1 unspecified atom stereocenters. The Balaban J connectivity index is 2.13. The first-order chi connectivity index (χ1) is 8.60. The summed E-state index contributed by atoms with van der Waals surface area (Å²) in [7, 11) is 1.85. The van der Waals surface area contributed by atoms with Gasteiger partial charge in [-0.25, -0.2) is 4.98 Å². The van der Waals surface area contributed by atoms with Crippen molar-refractivity contribution >= 4 is 17.0 Å². The van der Waals surface area contributed by atoms with Crippen molar-refractivity contribution in [3.05, 3.63) is 29.7 Å². The van der Waals surface area contributed by atoms with Crippen LogP contribution in [0.25, 0.3) is 11.1 Å². The summed E-state index contributed by atoms with van der Waals surface area (Å²) in [6.07, 6.45) is 0. The molecule has 5 nitrogen and oxygen atoms in total. The molecule has 1 atom stereocenters. The van der Waals surface area contributed by atoms with E-state index in [0.29, 0.717) is 23.4 Å². The van der Waals surface area contributed by atoms with Crippen molar-refractivity contribution < 1.29 is 9.21 Å². The van der Waals surface area contributed by atoms with Crippen LogP contribution < -0.4 is 10.6 Å². The average molecular weight is 247 g/mol. The number of hydrogen-bond acceptors (Lipinski definition) is 4. The molecule has 0 saturated carbocycles. The molecule has 5 heteroatoms. The maximum atomic E-state index is 11.9. The molecule has 0 aliphatic rings. The fraction of sp³-hybridized carbons (Fsp3) is 0.385. The number of nitrogens with one attached hydrogen (secondary N) is 2. The Kier molecular flexibility index (Phi) is 3.62. The molecule has 2 aromatic rings. The first kappa shape index (κ1) is 12.6. The molecule has 0 saturated heterocycles. The molecule has 2 heterocycles. The van der Waals surface area contributed by atoms with Gasteiger partial charge in [0.05, 0.1) is 0 Å². The van der Waals surface area contributed by atoms with Crippen LogP contribution in [-0.2, 0) is 0 Å². The van der Waals surface area contributed by atoms with Crippen molar-refractivity contribution in [2.45, 2.75) is 19.9 Å². The lowest BCUT2D eigenvalue weighted by molar-refractivity contribution is 0.0925. The van der Waals surface area contributed by atoms with Gasteiger partial charge in [0, 0.05) is 24.3 Å². The van der Waals surface area contributed by atoms with E-state index in [1.54, 1.807) is 6.07 Å². The Morgan fingerprint density at radius 1 is 1.50 bits per heavy atom. The number of aromatic nitrogens is 1. The van der Waals surface area contributed by atoms with Crippen molar-refractivity contribution in [2.24, 2.45) is 0 Å². The van der Waals surface area contributed by atoms with Gasteiger partial charge in [0.25, 0.3) is 5.91 Å². The van der Waals surface area contributed by atoms with E-state index in [0.717, 1.165) is 5.69 Å². The van der Waals surface area contributed by atoms with E-state index in [2.05, 4.69) is 15.6 Å². The van der Waals surface area contributed by atoms with Gasteiger partial charge in [-0.05, 0) is 33.0 Å². The number of hydrogen-bond donors (Lipinski definition) is 2. The Labute approximate surface area is 106 Å². The highest BCUT2D eigenvalue weighted by atomic mass is 16.3. The number of likely N-dealkylation sites (N-methyl/N-ethyl adjacent to an activating group) is 1. The Hall–Kier alpha value is -1.88. The maximum Gasteiger partial charge on any atom is 0.287 e. The molecule has 96 valence electrons. The van der Waals surface area contributed by atoms with E-state index in [1.165, 1.54) is 0 Å². The number of amides is 1. The van der Waals surface area contributed by atoms with E-state index in [-0.39, 0.29) is 11.9 Å². The van der Waals surface area contributed by atoms with Crippen molar-refractivity contribution in [1.29, 1.82) is 0 Å². The summed E-state index contributed by atoms with van der Waals surface area (Å²) >= 11 is 0. The average Bonchev–Trinajstić information content (AvgIpc) is 2.78.